The maximum Gasteiger partial charge on any atom is 0.216 e. The first-order valence-electron chi connectivity index (χ1n) is 6.37. The Morgan fingerprint density at radius 1 is 1.05 bits per heavy atom. The Kier molecular flexibility index (Phi) is 2.26. The normalized spacial score (nSPS) is 11.2. The van der Waals surface area contributed by atoms with E-state index in [4.69, 9.17) is 4.42 Å². The highest BCUT2D eigenvalue weighted by Gasteiger charge is 2.12. The van der Waals surface area contributed by atoms with E-state index in [0.717, 1.165) is 28.1 Å². The molecule has 0 spiro atoms. The van der Waals surface area contributed by atoms with Crippen molar-refractivity contribution in [2.24, 2.45) is 0 Å². The maximum absolute atomic E-state index is 5.89. The van der Waals surface area contributed by atoms with Gasteiger partial charge < -0.3 is 9.40 Å². The molecule has 0 saturated heterocycles. The van der Waals surface area contributed by atoms with Gasteiger partial charge in [-0.15, -0.1) is 0 Å². The fourth-order valence-electron chi connectivity index (χ4n) is 2.36. The summed E-state index contributed by atoms with van der Waals surface area (Å²) in [7, 11) is 0. The first kappa shape index (κ1) is 11.0. The maximum atomic E-state index is 5.89. The molecule has 2 N–H and O–H groups in total. The van der Waals surface area contributed by atoms with Crippen LogP contribution in [0.3, 0.4) is 0 Å². The monoisotopic (exact) mass is 264 g/mol. The number of nitrogens with one attached hydrogen (secondary N) is 2. The van der Waals surface area contributed by atoms with Crippen LogP contribution in [-0.4, -0.2) is 20.2 Å². The minimum absolute atomic E-state index is 0.579. The number of hydrogen-bond donors (Lipinski definition) is 2. The van der Waals surface area contributed by atoms with Crippen LogP contribution in [0, 0.1) is 6.92 Å². The summed E-state index contributed by atoms with van der Waals surface area (Å²) in [5, 5.41) is 8.06. The summed E-state index contributed by atoms with van der Waals surface area (Å²) >= 11 is 0. The predicted octanol–water partition coefficient (Wildman–Crippen LogP) is 3.52. The van der Waals surface area contributed by atoms with Crippen LogP contribution in [0.15, 0.2) is 47.0 Å². The molecular weight excluding hydrogens is 252 g/mol. The van der Waals surface area contributed by atoms with Crippen molar-refractivity contribution in [3.63, 3.8) is 0 Å². The Bertz CT molecular complexity index is 884. The average Bonchev–Trinajstić information content (AvgIpc) is 3.17. The highest BCUT2D eigenvalue weighted by atomic mass is 16.3. The Morgan fingerprint density at radius 2 is 1.95 bits per heavy atom. The van der Waals surface area contributed by atoms with Crippen molar-refractivity contribution < 1.29 is 4.42 Å². The number of hydrogen-bond acceptors (Lipinski definition) is 3. The third-order valence-electron chi connectivity index (χ3n) is 3.28. The van der Waals surface area contributed by atoms with Crippen molar-refractivity contribution in [3.8, 4) is 22.9 Å². The number of aryl methyl sites for hydroxylation is 1. The van der Waals surface area contributed by atoms with Gasteiger partial charge in [0.2, 0.25) is 5.82 Å². The fourth-order valence-corrected chi connectivity index (χ4v) is 2.36. The highest BCUT2D eigenvalue weighted by molar-refractivity contribution is 5.93. The van der Waals surface area contributed by atoms with Gasteiger partial charge in [-0.1, -0.05) is 12.1 Å². The zero-order valence-corrected chi connectivity index (χ0v) is 10.8. The zero-order valence-electron chi connectivity index (χ0n) is 10.8. The predicted molar refractivity (Wildman–Crippen MR) is 76.1 cm³/mol. The summed E-state index contributed by atoms with van der Waals surface area (Å²) in [6.07, 6.45) is 1.93. The fraction of sp³-hybridized carbons (Fsp3) is 0.0667. The third kappa shape index (κ3) is 1.64. The van der Waals surface area contributed by atoms with Crippen molar-refractivity contribution in [1.82, 2.24) is 20.2 Å². The quantitative estimate of drug-likeness (QED) is 0.582. The number of aromatic nitrogens is 4. The van der Waals surface area contributed by atoms with Crippen LogP contribution in [0.5, 0.6) is 0 Å². The molecule has 0 amide bonds. The van der Waals surface area contributed by atoms with Gasteiger partial charge in [-0.25, -0.2) is 4.98 Å². The van der Waals surface area contributed by atoms with E-state index in [1.54, 1.807) is 0 Å². The third-order valence-corrected chi connectivity index (χ3v) is 3.28. The van der Waals surface area contributed by atoms with E-state index >= 15 is 0 Å². The number of aromatic amines is 2. The summed E-state index contributed by atoms with van der Waals surface area (Å²) in [4.78, 5) is 7.47. The molecule has 0 radical (unpaired) electrons. The van der Waals surface area contributed by atoms with Crippen LogP contribution in [-0.2, 0) is 0 Å². The molecule has 0 fully saturated rings. The minimum atomic E-state index is 0.579. The van der Waals surface area contributed by atoms with E-state index in [2.05, 4.69) is 20.2 Å². The summed E-state index contributed by atoms with van der Waals surface area (Å²) < 4.78 is 5.89. The van der Waals surface area contributed by atoms with Gasteiger partial charge in [-0.3, -0.25) is 5.10 Å². The molecule has 0 bridgehead atoms. The second-order valence-corrected chi connectivity index (χ2v) is 4.65. The molecule has 4 aromatic rings. The zero-order chi connectivity index (χ0) is 13.5. The lowest BCUT2D eigenvalue weighted by Gasteiger charge is -1.99. The molecule has 5 nitrogen and oxygen atoms in total. The number of H-pyrrole nitrogens is 2. The van der Waals surface area contributed by atoms with Crippen LogP contribution in [0.1, 0.15) is 5.82 Å². The number of rotatable bonds is 2. The lowest BCUT2D eigenvalue weighted by atomic mass is 10.1. The Morgan fingerprint density at radius 3 is 2.80 bits per heavy atom. The van der Waals surface area contributed by atoms with Crippen LogP contribution >= 0.6 is 0 Å². The lowest BCUT2D eigenvalue weighted by molar-refractivity contribution is 0.593. The molecule has 0 unspecified atom stereocenters. The van der Waals surface area contributed by atoms with Gasteiger partial charge in [0, 0.05) is 22.7 Å². The standard InChI is InChI=1S/C15H12N4O/c1-9-17-15(19-18-9)14-6-5-13(20-14)11-3-2-4-12-10(11)7-8-16-12/h2-8,16H,1H3,(H,17,18,19). The Labute approximate surface area is 114 Å². The van der Waals surface area contributed by atoms with Crippen molar-refractivity contribution in [2.75, 3.05) is 0 Å². The van der Waals surface area contributed by atoms with Gasteiger partial charge in [0.1, 0.15) is 11.6 Å². The van der Waals surface area contributed by atoms with Gasteiger partial charge in [0.25, 0.3) is 0 Å². The molecule has 0 aliphatic carbocycles. The van der Waals surface area contributed by atoms with Crippen molar-refractivity contribution in [1.29, 1.82) is 0 Å². The van der Waals surface area contributed by atoms with Crippen LogP contribution in [0.4, 0.5) is 0 Å². The molecule has 0 atom stereocenters. The largest absolute Gasteiger partial charge is 0.453 e. The summed E-state index contributed by atoms with van der Waals surface area (Å²) in [5.74, 6) is 2.82. The van der Waals surface area contributed by atoms with Crippen LogP contribution < -0.4 is 0 Å². The van der Waals surface area contributed by atoms with Crippen molar-refractivity contribution >= 4 is 10.9 Å². The SMILES string of the molecule is Cc1nc(-c2ccc(-c3cccc4[nH]ccc34)o2)n[nH]1. The highest BCUT2D eigenvalue weighted by Crippen LogP contribution is 2.31. The number of fused-ring (bicyclic) bond motifs is 1. The molecule has 0 saturated carbocycles. The average molecular weight is 264 g/mol. The molecule has 3 heterocycles. The van der Waals surface area contributed by atoms with Crippen molar-refractivity contribution in [3.05, 3.63) is 48.4 Å². The summed E-state index contributed by atoms with van der Waals surface area (Å²) in [5.41, 5.74) is 2.15. The molecule has 4 rings (SSSR count). The van der Waals surface area contributed by atoms with E-state index in [-0.39, 0.29) is 0 Å². The second kappa shape index (κ2) is 4.09. The van der Waals surface area contributed by atoms with Crippen LogP contribution in [0.2, 0.25) is 0 Å². The van der Waals surface area contributed by atoms with Gasteiger partial charge in [-0.2, -0.15) is 5.10 Å². The van der Waals surface area contributed by atoms with Gasteiger partial charge in [0.15, 0.2) is 5.76 Å². The van der Waals surface area contributed by atoms with Gasteiger partial charge in [0.05, 0.1) is 0 Å². The second-order valence-electron chi connectivity index (χ2n) is 4.65. The molecule has 1 aromatic carbocycles. The minimum Gasteiger partial charge on any atom is -0.453 e. The van der Waals surface area contributed by atoms with Gasteiger partial charge in [-0.05, 0) is 31.2 Å². The molecule has 98 valence electrons. The van der Waals surface area contributed by atoms with E-state index in [1.807, 2.05) is 49.5 Å². The number of furan rings is 1. The smallest absolute Gasteiger partial charge is 0.216 e. The van der Waals surface area contributed by atoms with Crippen LogP contribution in [0.25, 0.3) is 33.8 Å². The topological polar surface area (TPSA) is 70.5 Å². The Balaban J connectivity index is 1.84. The first-order valence-corrected chi connectivity index (χ1v) is 6.37. The van der Waals surface area contributed by atoms with Gasteiger partial charge >= 0.3 is 0 Å². The van der Waals surface area contributed by atoms with Crippen molar-refractivity contribution in [2.45, 2.75) is 6.92 Å². The molecule has 5 heteroatoms. The number of benzene rings is 1. The molecule has 0 aliphatic heterocycles. The van der Waals surface area contributed by atoms with E-state index < -0.39 is 0 Å². The lowest BCUT2D eigenvalue weighted by Crippen LogP contribution is -1.77. The molecule has 0 aliphatic rings. The summed E-state index contributed by atoms with van der Waals surface area (Å²) in [6.45, 7) is 1.86. The number of nitrogens with zero attached hydrogens (tertiary/aromatic N) is 2. The molecule has 3 aromatic heterocycles. The van der Waals surface area contributed by atoms with E-state index in [1.165, 1.54) is 0 Å². The molecular formula is C15H12N4O. The molecule has 20 heavy (non-hydrogen) atoms. The summed E-state index contributed by atoms with van der Waals surface area (Å²) in [6, 6.07) is 12.0. The Hall–Kier alpha value is -2.82. The van der Waals surface area contributed by atoms with E-state index in [9.17, 15) is 0 Å². The first-order chi connectivity index (χ1) is 9.81. The van der Waals surface area contributed by atoms with E-state index in [0.29, 0.717) is 11.6 Å².